The second-order valence-electron chi connectivity index (χ2n) is 15.3. The largest absolute Gasteiger partial charge is 0.309 e. The molecule has 0 fully saturated rings. The molecule has 0 unspecified atom stereocenters. The molecule has 0 saturated heterocycles. The van der Waals surface area contributed by atoms with E-state index in [0.717, 1.165) is 0 Å². The molecule has 0 bridgehead atoms. The molecule has 0 N–H and O–H groups in total. The smallest absolute Gasteiger partial charge is 0.0640 e. The maximum atomic E-state index is 2.48. The number of nitrogens with zero attached hydrogens (tertiary/aromatic N) is 2. The quantitative estimate of drug-likeness (QED) is 0.170. The van der Waals surface area contributed by atoms with Crippen LogP contribution in [0.1, 0.15) is 22.3 Å². The lowest BCUT2D eigenvalue weighted by atomic mass is 10.0. The van der Waals surface area contributed by atoms with Crippen molar-refractivity contribution in [2.24, 2.45) is 0 Å². The summed E-state index contributed by atoms with van der Waals surface area (Å²) >= 11 is 3.86. The monoisotopic (exact) mass is 754 g/mol. The standard InChI is InChI=1S/C52H38N2S2/c1-31-24-32(2)27-37(26-31)53(38-28-33(3)25-34(4)29-38)46-19-11-16-42-43-22-23-48-49(52(43)56-51(42)46)44-17-10-15-39(50(44)55-48)35-20-21-41-40-14-8-9-18-45(40)54(47(41)30-35)36-12-6-5-7-13-36/h5-30H,1-4H3. The molecule has 0 saturated carbocycles. The molecule has 0 aliphatic carbocycles. The predicted molar refractivity (Wildman–Crippen MR) is 246 cm³/mol. The summed E-state index contributed by atoms with van der Waals surface area (Å²) in [5, 5.41) is 7.86. The Balaban J connectivity index is 1.14. The maximum absolute atomic E-state index is 2.48. The lowest BCUT2D eigenvalue weighted by molar-refractivity contribution is 1.18. The molecule has 0 spiro atoms. The Morgan fingerprint density at radius 2 is 1.04 bits per heavy atom. The SMILES string of the molecule is Cc1cc(C)cc(N(c2cc(C)cc(C)c2)c2cccc3c2sc2c3ccc3sc4c(-c5ccc6c7ccccc7n(-c7ccccc7)c6c5)cccc4c32)c1. The first kappa shape index (κ1) is 33.2. The average molecular weight is 755 g/mol. The molecule has 56 heavy (non-hydrogen) atoms. The Labute approximate surface area is 334 Å². The molecule has 0 amide bonds. The van der Waals surface area contributed by atoms with Crippen LogP contribution in [0.3, 0.4) is 0 Å². The van der Waals surface area contributed by atoms with Crippen LogP contribution in [0.25, 0.3) is 79.0 Å². The normalized spacial score (nSPS) is 11.9. The topological polar surface area (TPSA) is 8.17 Å². The number of hydrogen-bond acceptors (Lipinski definition) is 3. The van der Waals surface area contributed by atoms with Gasteiger partial charge in [0.2, 0.25) is 0 Å². The molecule has 3 aromatic heterocycles. The molecule has 3 heterocycles. The van der Waals surface area contributed by atoms with E-state index in [2.05, 4.69) is 195 Å². The lowest BCUT2D eigenvalue weighted by Gasteiger charge is -2.27. The minimum absolute atomic E-state index is 1.18. The minimum Gasteiger partial charge on any atom is -0.309 e. The summed E-state index contributed by atoms with van der Waals surface area (Å²) in [7, 11) is 0. The number of fused-ring (bicyclic) bond motifs is 10. The van der Waals surface area contributed by atoms with E-state index in [1.165, 1.54) is 118 Å². The number of aryl methyl sites for hydroxylation is 4. The summed E-state index contributed by atoms with van der Waals surface area (Å²) in [6, 6.07) is 58.8. The fraction of sp³-hybridized carbons (Fsp3) is 0.0769. The highest BCUT2D eigenvalue weighted by molar-refractivity contribution is 7.30. The van der Waals surface area contributed by atoms with Crippen molar-refractivity contribution in [2.45, 2.75) is 27.7 Å². The van der Waals surface area contributed by atoms with Crippen LogP contribution in [-0.4, -0.2) is 4.57 Å². The van der Waals surface area contributed by atoms with Crippen LogP contribution in [0.2, 0.25) is 0 Å². The van der Waals surface area contributed by atoms with Gasteiger partial charge in [0.25, 0.3) is 0 Å². The van der Waals surface area contributed by atoms with E-state index in [4.69, 9.17) is 0 Å². The molecule has 4 heteroatoms. The summed E-state index contributed by atoms with van der Waals surface area (Å²) in [5.74, 6) is 0. The van der Waals surface area contributed by atoms with E-state index in [-0.39, 0.29) is 0 Å². The van der Waals surface area contributed by atoms with Gasteiger partial charge < -0.3 is 9.47 Å². The third-order valence-electron chi connectivity index (χ3n) is 11.3. The zero-order chi connectivity index (χ0) is 37.7. The Hall–Kier alpha value is -6.20. The van der Waals surface area contributed by atoms with Crippen LogP contribution in [-0.2, 0) is 0 Å². The highest BCUT2D eigenvalue weighted by atomic mass is 32.1. The van der Waals surface area contributed by atoms with Gasteiger partial charge in [-0.2, -0.15) is 0 Å². The lowest BCUT2D eigenvalue weighted by Crippen LogP contribution is -2.11. The van der Waals surface area contributed by atoms with Crippen LogP contribution in [0.15, 0.2) is 158 Å². The zero-order valence-electron chi connectivity index (χ0n) is 31.7. The summed E-state index contributed by atoms with van der Waals surface area (Å²) in [6.45, 7) is 8.79. The second kappa shape index (κ2) is 12.7. The van der Waals surface area contributed by atoms with Gasteiger partial charge >= 0.3 is 0 Å². The number of anilines is 3. The number of thiophene rings is 2. The van der Waals surface area contributed by atoms with E-state index in [9.17, 15) is 0 Å². The maximum Gasteiger partial charge on any atom is 0.0640 e. The van der Waals surface area contributed by atoms with E-state index < -0.39 is 0 Å². The fourth-order valence-corrected chi connectivity index (χ4v) is 11.8. The van der Waals surface area contributed by atoms with Crippen molar-refractivity contribution in [1.82, 2.24) is 4.57 Å². The molecule has 2 nitrogen and oxygen atoms in total. The minimum atomic E-state index is 1.18. The van der Waals surface area contributed by atoms with E-state index in [1.54, 1.807) is 0 Å². The number of benzene rings is 8. The summed E-state index contributed by atoms with van der Waals surface area (Å²) in [6.07, 6.45) is 0. The van der Waals surface area contributed by atoms with Gasteiger partial charge in [0.1, 0.15) is 0 Å². The molecule has 11 rings (SSSR count). The van der Waals surface area contributed by atoms with Gasteiger partial charge in [0.15, 0.2) is 0 Å². The van der Waals surface area contributed by atoms with Gasteiger partial charge in [-0.3, -0.25) is 0 Å². The average Bonchev–Trinajstić information content (AvgIpc) is 3.87. The van der Waals surface area contributed by atoms with E-state index in [1.807, 2.05) is 22.7 Å². The van der Waals surface area contributed by atoms with Gasteiger partial charge in [0.05, 0.1) is 21.4 Å². The highest BCUT2D eigenvalue weighted by Crippen LogP contribution is 2.50. The van der Waals surface area contributed by atoms with Gasteiger partial charge in [0, 0.05) is 63.5 Å². The van der Waals surface area contributed by atoms with E-state index >= 15 is 0 Å². The molecule has 268 valence electrons. The molecular formula is C52H38N2S2. The van der Waals surface area contributed by atoms with Gasteiger partial charge in [-0.05, 0) is 122 Å². The van der Waals surface area contributed by atoms with Crippen LogP contribution in [0, 0.1) is 27.7 Å². The van der Waals surface area contributed by atoms with E-state index in [0.29, 0.717) is 0 Å². The molecule has 0 aliphatic heterocycles. The third-order valence-corrected chi connectivity index (χ3v) is 13.7. The second-order valence-corrected chi connectivity index (χ2v) is 17.4. The Morgan fingerprint density at radius 1 is 0.429 bits per heavy atom. The third kappa shape index (κ3) is 5.13. The van der Waals surface area contributed by atoms with Crippen molar-refractivity contribution in [3.8, 4) is 16.8 Å². The van der Waals surface area contributed by atoms with Gasteiger partial charge in [-0.1, -0.05) is 97.1 Å². The number of para-hydroxylation sites is 2. The van der Waals surface area contributed by atoms with Crippen molar-refractivity contribution in [2.75, 3.05) is 4.90 Å². The summed E-state index contributed by atoms with van der Waals surface area (Å²) < 4.78 is 7.74. The molecule has 0 atom stereocenters. The molecular weight excluding hydrogens is 717 g/mol. The first-order valence-corrected chi connectivity index (χ1v) is 20.9. The van der Waals surface area contributed by atoms with Crippen molar-refractivity contribution in [3.05, 3.63) is 180 Å². The van der Waals surface area contributed by atoms with Crippen LogP contribution in [0.4, 0.5) is 17.1 Å². The molecule has 0 aliphatic rings. The molecule has 8 aromatic carbocycles. The molecule has 11 aromatic rings. The van der Waals surface area contributed by atoms with Crippen LogP contribution < -0.4 is 4.90 Å². The zero-order valence-corrected chi connectivity index (χ0v) is 33.4. The summed E-state index contributed by atoms with van der Waals surface area (Å²) in [5.41, 5.74) is 14.8. The Bertz CT molecular complexity index is 3270. The number of hydrogen-bond donors (Lipinski definition) is 0. The summed E-state index contributed by atoms with van der Waals surface area (Å²) in [4.78, 5) is 2.48. The molecule has 0 radical (unpaired) electrons. The van der Waals surface area contributed by atoms with Gasteiger partial charge in [-0.25, -0.2) is 0 Å². The Kier molecular flexibility index (Phi) is 7.50. The number of rotatable bonds is 5. The van der Waals surface area contributed by atoms with Crippen molar-refractivity contribution in [3.63, 3.8) is 0 Å². The van der Waals surface area contributed by atoms with Crippen LogP contribution >= 0.6 is 22.7 Å². The number of aromatic nitrogens is 1. The fourth-order valence-electron chi connectivity index (χ4n) is 9.11. The first-order valence-electron chi connectivity index (χ1n) is 19.2. The predicted octanol–water partition coefficient (Wildman–Crippen LogP) is 15.9. The van der Waals surface area contributed by atoms with Gasteiger partial charge in [-0.15, -0.1) is 22.7 Å². The van der Waals surface area contributed by atoms with Crippen molar-refractivity contribution < 1.29 is 0 Å². The van der Waals surface area contributed by atoms with Crippen molar-refractivity contribution in [1.29, 1.82) is 0 Å². The highest BCUT2D eigenvalue weighted by Gasteiger charge is 2.22. The first-order chi connectivity index (χ1) is 27.4. The van der Waals surface area contributed by atoms with Crippen molar-refractivity contribution >= 4 is 102 Å². The Morgan fingerprint density at radius 3 is 1.79 bits per heavy atom. The van der Waals surface area contributed by atoms with Crippen LogP contribution in [0.5, 0.6) is 0 Å².